The number of guanidine groups is 1. The molecule has 0 radical (unpaired) electrons. The number of aliphatic imine (C=N–C) groups is 1. The fraction of sp³-hybridized carbons (Fsp3) is 0.333. The van der Waals surface area contributed by atoms with Crippen molar-refractivity contribution in [2.45, 2.75) is 31.5 Å². The fourth-order valence-electron chi connectivity index (χ4n) is 3.44. The van der Waals surface area contributed by atoms with Crippen LogP contribution in [0.1, 0.15) is 23.1 Å². The van der Waals surface area contributed by atoms with Crippen LogP contribution in [-0.2, 0) is 16.9 Å². The van der Waals surface area contributed by atoms with Crippen LogP contribution in [0, 0.1) is 0 Å². The molecule has 0 spiro atoms. The molecule has 1 unspecified atom stereocenters. The Hall–Kier alpha value is -3.34. The Bertz CT molecular complexity index is 1020. The summed E-state index contributed by atoms with van der Waals surface area (Å²) in [4.78, 5) is 18.9. The van der Waals surface area contributed by atoms with Crippen molar-refractivity contribution in [1.29, 1.82) is 0 Å². The zero-order valence-electron chi connectivity index (χ0n) is 17.1. The Kier molecular flexibility index (Phi) is 6.87. The predicted octanol–water partition coefficient (Wildman–Crippen LogP) is 2.81. The number of ether oxygens (including phenoxy) is 2. The molecule has 32 heavy (non-hydrogen) atoms. The summed E-state index contributed by atoms with van der Waals surface area (Å²) in [6, 6.07) is 10.4. The molecule has 3 rings (SSSR count). The lowest BCUT2D eigenvalue weighted by molar-refractivity contribution is -0.129. The lowest BCUT2D eigenvalue weighted by Gasteiger charge is -2.27. The summed E-state index contributed by atoms with van der Waals surface area (Å²) in [5, 5.41) is 0. The third kappa shape index (κ3) is 4.47. The molecule has 1 aliphatic rings. The summed E-state index contributed by atoms with van der Waals surface area (Å²) in [7, 11) is 1.45. The van der Waals surface area contributed by atoms with Crippen LogP contribution >= 0.6 is 0 Å². The van der Waals surface area contributed by atoms with Crippen molar-refractivity contribution in [2.24, 2.45) is 16.5 Å². The Morgan fingerprint density at radius 2 is 1.84 bits per heavy atom. The first-order valence-corrected chi connectivity index (χ1v) is 9.62. The van der Waals surface area contributed by atoms with E-state index in [-0.39, 0.29) is 36.2 Å². The van der Waals surface area contributed by atoms with E-state index in [0.29, 0.717) is 11.1 Å². The quantitative estimate of drug-likeness (QED) is 0.568. The molecule has 1 atom stereocenters. The van der Waals surface area contributed by atoms with Gasteiger partial charge in [0, 0.05) is 25.6 Å². The van der Waals surface area contributed by atoms with Gasteiger partial charge in [0.05, 0.1) is 6.61 Å². The maximum Gasteiger partial charge on any atom is 0.387 e. The SMILES string of the molecule is CN1C(=O)C(c2cccc(OCCC(F)F)c2)(c2ccc(OC(F)F)c(CN)c2)N=C1N. The van der Waals surface area contributed by atoms with Crippen molar-refractivity contribution >= 4 is 11.9 Å². The van der Waals surface area contributed by atoms with Crippen molar-refractivity contribution in [3.05, 3.63) is 59.2 Å². The molecule has 0 bridgehead atoms. The highest BCUT2D eigenvalue weighted by atomic mass is 19.3. The van der Waals surface area contributed by atoms with Crippen molar-refractivity contribution in [1.82, 2.24) is 4.90 Å². The van der Waals surface area contributed by atoms with Gasteiger partial charge in [0.2, 0.25) is 6.43 Å². The maximum atomic E-state index is 13.3. The van der Waals surface area contributed by atoms with E-state index in [0.717, 1.165) is 4.90 Å². The van der Waals surface area contributed by atoms with Gasteiger partial charge < -0.3 is 20.9 Å². The number of nitrogens with two attached hydrogens (primary N) is 2. The van der Waals surface area contributed by atoms with Crippen LogP contribution in [0.15, 0.2) is 47.5 Å². The Balaban J connectivity index is 2.10. The van der Waals surface area contributed by atoms with Crippen molar-refractivity contribution < 1.29 is 31.8 Å². The van der Waals surface area contributed by atoms with Crippen molar-refractivity contribution in [3.63, 3.8) is 0 Å². The van der Waals surface area contributed by atoms with Gasteiger partial charge in [-0.25, -0.2) is 13.8 Å². The number of amides is 1. The number of alkyl halides is 4. The van der Waals surface area contributed by atoms with E-state index >= 15 is 0 Å². The first-order valence-electron chi connectivity index (χ1n) is 9.62. The van der Waals surface area contributed by atoms with E-state index < -0.39 is 30.9 Å². The molecule has 0 saturated heterocycles. The van der Waals surface area contributed by atoms with Gasteiger partial charge in [-0.3, -0.25) is 9.69 Å². The predicted molar refractivity (Wildman–Crippen MR) is 109 cm³/mol. The van der Waals surface area contributed by atoms with Crippen LogP contribution in [0.3, 0.4) is 0 Å². The number of hydrogen-bond donors (Lipinski definition) is 2. The lowest BCUT2D eigenvalue weighted by Crippen LogP contribution is -2.41. The molecule has 0 fully saturated rings. The molecular weight excluding hydrogens is 432 g/mol. The summed E-state index contributed by atoms with van der Waals surface area (Å²) in [6.07, 6.45) is -2.96. The third-order valence-electron chi connectivity index (χ3n) is 5.01. The monoisotopic (exact) mass is 454 g/mol. The summed E-state index contributed by atoms with van der Waals surface area (Å²) in [6.45, 7) is -3.40. The minimum absolute atomic E-state index is 0.0544. The number of likely N-dealkylation sites (N-methyl/N-ethyl adjacent to an activating group) is 1. The molecular formula is C21H22F4N4O3. The third-order valence-corrected chi connectivity index (χ3v) is 5.01. The van der Waals surface area contributed by atoms with Gasteiger partial charge in [-0.05, 0) is 35.4 Å². The van der Waals surface area contributed by atoms with Gasteiger partial charge in [0.25, 0.3) is 5.91 Å². The lowest BCUT2D eigenvalue weighted by atomic mass is 9.82. The zero-order chi connectivity index (χ0) is 23.5. The van der Waals surface area contributed by atoms with E-state index in [1.807, 2.05) is 0 Å². The Morgan fingerprint density at radius 3 is 2.44 bits per heavy atom. The fourth-order valence-corrected chi connectivity index (χ4v) is 3.44. The van der Waals surface area contributed by atoms with Gasteiger partial charge in [0.15, 0.2) is 11.5 Å². The summed E-state index contributed by atoms with van der Waals surface area (Å²) in [5.74, 6) is -0.414. The van der Waals surface area contributed by atoms with Gasteiger partial charge in [-0.2, -0.15) is 8.78 Å². The Morgan fingerprint density at radius 1 is 1.12 bits per heavy atom. The number of halogens is 4. The number of rotatable bonds is 9. The molecule has 1 amide bonds. The molecule has 2 aromatic rings. The van der Waals surface area contributed by atoms with E-state index in [1.54, 1.807) is 18.2 Å². The summed E-state index contributed by atoms with van der Waals surface area (Å²) < 4.78 is 60.2. The minimum atomic E-state index is -3.05. The molecule has 7 nitrogen and oxygen atoms in total. The van der Waals surface area contributed by atoms with Crippen LogP contribution in [0.4, 0.5) is 17.6 Å². The Labute approximate surface area is 181 Å². The van der Waals surface area contributed by atoms with E-state index in [4.69, 9.17) is 16.2 Å². The van der Waals surface area contributed by atoms with E-state index in [2.05, 4.69) is 9.73 Å². The summed E-state index contributed by atoms with van der Waals surface area (Å²) in [5.41, 5.74) is 10.9. The van der Waals surface area contributed by atoms with Crippen LogP contribution in [0.2, 0.25) is 0 Å². The molecule has 2 aromatic carbocycles. The largest absolute Gasteiger partial charge is 0.493 e. The molecule has 0 saturated carbocycles. The maximum absolute atomic E-state index is 13.3. The number of hydrogen-bond acceptors (Lipinski definition) is 6. The van der Waals surface area contributed by atoms with E-state index in [9.17, 15) is 22.4 Å². The number of carbonyl (C=O) groups is 1. The number of carbonyl (C=O) groups excluding carboxylic acids is 1. The van der Waals surface area contributed by atoms with Crippen LogP contribution in [0.5, 0.6) is 11.5 Å². The second kappa shape index (κ2) is 9.43. The molecule has 1 aliphatic heterocycles. The van der Waals surface area contributed by atoms with Crippen molar-refractivity contribution in [2.75, 3.05) is 13.7 Å². The molecule has 1 heterocycles. The highest BCUT2D eigenvalue weighted by Gasteiger charge is 2.49. The average Bonchev–Trinajstić information content (AvgIpc) is 2.98. The zero-order valence-corrected chi connectivity index (χ0v) is 17.1. The van der Waals surface area contributed by atoms with Gasteiger partial charge in [0.1, 0.15) is 11.5 Å². The van der Waals surface area contributed by atoms with Crippen LogP contribution in [0.25, 0.3) is 0 Å². The van der Waals surface area contributed by atoms with Crippen LogP contribution in [-0.4, -0.2) is 43.5 Å². The topological polar surface area (TPSA) is 103 Å². The smallest absolute Gasteiger partial charge is 0.387 e. The highest BCUT2D eigenvalue weighted by Crippen LogP contribution is 2.41. The highest BCUT2D eigenvalue weighted by molar-refractivity contribution is 6.09. The van der Waals surface area contributed by atoms with Crippen molar-refractivity contribution in [3.8, 4) is 11.5 Å². The van der Waals surface area contributed by atoms with Crippen LogP contribution < -0.4 is 20.9 Å². The molecule has 172 valence electrons. The molecule has 0 aliphatic carbocycles. The second-order valence-corrected chi connectivity index (χ2v) is 7.01. The number of nitrogens with zero attached hydrogens (tertiary/aromatic N) is 2. The first-order chi connectivity index (χ1) is 15.2. The van der Waals surface area contributed by atoms with E-state index in [1.165, 1.54) is 31.3 Å². The first kappa shape index (κ1) is 23.3. The molecule has 4 N–H and O–H groups in total. The number of benzene rings is 2. The molecule has 11 heteroatoms. The summed E-state index contributed by atoms with van der Waals surface area (Å²) >= 11 is 0. The van der Waals surface area contributed by atoms with Gasteiger partial charge in [-0.1, -0.05) is 18.2 Å². The molecule has 0 aromatic heterocycles. The minimum Gasteiger partial charge on any atom is -0.493 e. The normalized spacial score (nSPS) is 18.4. The van der Waals surface area contributed by atoms with Gasteiger partial charge >= 0.3 is 6.61 Å². The second-order valence-electron chi connectivity index (χ2n) is 7.01. The standard InChI is InChI=1S/C21H22F4N4O3/c1-29-18(30)21(28-20(29)27,13-3-2-4-15(10-13)31-8-7-17(22)23)14-5-6-16(32-19(24)25)12(9-14)11-26/h2-6,9-10,17,19H,7-8,11,26H2,1H3,(H2,27,28). The van der Waals surface area contributed by atoms with Gasteiger partial charge in [-0.15, -0.1) is 0 Å². The average molecular weight is 454 g/mol.